The lowest BCUT2D eigenvalue weighted by atomic mass is 10.2. The molecule has 1 saturated heterocycles. The van der Waals surface area contributed by atoms with E-state index in [1.54, 1.807) is 31.4 Å². The molecule has 1 aliphatic heterocycles. The van der Waals surface area contributed by atoms with Crippen molar-refractivity contribution in [3.05, 3.63) is 29.8 Å². The van der Waals surface area contributed by atoms with Crippen LogP contribution in [0.3, 0.4) is 0 Å². The van der Waals surface area contributed by atoms with E-state index >= 15 is 0 Å². The van der Waals surface area contributed by atoms with Crippen LogP contribution in [-0.2, 0) is 9.57 Å². The van der Waals surface area contributed by atoms with Crippen LogP contribution in [0.4, 0.5) is 0 Å². The number of amides is 1. The maximum atomic E-state index is 11.8. The van der Waals surface area contributed by atoms with Crippen LogP contribution in [0.25, 0.3) is 0 Å². The molecule has 0 radical (unpaired) electrons. The third-order valence-electron chi connectivity index (χ3n) is 2.77. The first kappa shape index (κ1) is 12.9. The number of ether oxygens (including phenoxy) is 2. The summed E-state index contributed by atoms with van der Waals surface area (Å²) < 4.78 is 10.4. The Morgan fingerprint density at radius 1 is 1.33 bits per heavy atom. The molecule has 0 saturated carbocycles. The van der Waals surface area contributed by atoms with E-state index in [9.17, 15) is 4.79 Å². The first-order valence-electron chi connectivity index (χ1n) is 6.01. The van der Waals surface area contributed by atoms with Gasteiger partial charge in [0.1, 0.15) is 5.75 Å². The van der Waals surface area contributed by atoms with Gasteiger partial charge in [0.05, 0.1) is 7.11 Å². The zero-order valence-corrected chi connectivity index (χ0v) is 10.3. The zero-order chi connectivity index (χ0) is 12.8. The van der Waals surface area contributed by atoms with Crippen molar-refractivity contribution >= 4 is 5.91 Å². The van der Waals surface area contributed by atoms with Gasteiger partial charge in [-0.25, -0.2) is 10.3 Å². The van der Waals surface area contributed by atoms with Crippen LogP contribution in [0.15, 0.2) is 24.3 Å². The number of nitrogens with one attached hydrogen (secondary N) is 1. The number of carbonyl (C=O) groups excluding carboxylic acids is 1. The monoisotopic (exact) mass is 251 g/mol. The molecule has 5 nitrogen and oxygen atoms in total. The van der Waals surface area contributed by atoms with Gasteiger partial charge in [-0.1, -0.05) is 0 Å². The summed E-state index contributed by atoms with van der Waals surface area (Å²) in [6, 6.07) is 6.82. The van der Waals surface area contributed by atoms with Crippen molar-refractivity contribution in [2.45, 2.75) is 25.6 Å². The van der Waals surface area contributed by atoms with Crippen molar-refractivity contribution in [3.8, 4) is 5.75 Å². The molecule has 18 heavy (non-hydrogen) atoms. The predicted octanol–water partition coefficient (Wildman–Crippen LogP) is 1.88. The Bertz CT molecular complexity index is 384. The number of benzene rings is 1. The lowest BCUT2D eigenvalue weighted by Gasteiger charge is -2.22. The molecule has 1 unspecified atom stereocenters. The summed E-state index contributed by atoms with van der Waals surface area (Å²) >= 11 is 0. The molecular formula is C13H17NO4. The summed E-state index contributed by atoms with van der Waals surface area (Å²) in [4.78, 5) is 17.0. The fourth-order valence-electron chi connectivity index (χ4n) is 1.72. The predicted molar refractivity (Wildman–Crippen MR) is 65.1 cm³/mol. The van der Waals surface area contributed by atoms with Crippen molar-refractivity contribution in [1.82, 2.24) is 5.48 Å². The Balaban J connectivity index is 1.82. The van der Waals surface area contributed by atoms with Gasteiger partial charge in [0, 0.05) is 18.6 Å². The van der Waals surface area contributed by atoms with Crippen molar-refractivity contribution in [3.63, 3.8) is 0 Å². The highest BCUT2D eigenvalue weighted by molar-refractivity contribution is 5.93. The van der Waals surface area contributed by atoms with Crippen LogP contribution in [0.1, 0.15) is 29.6 Å². The average Bonchev–Trinajstić information content (AvgIpc) is 2.46. The fourth-order valence-corrected chi connectivity index (χ4v) is 1.72. The molecule has 0 aliphatic carbocycles. The van der Waals surface area contributed by atoms with Crippen LogP contribution in [0, 0.1) is 0 Å². The van der Waals surface area contributed by atoms with Crippen LogP contribution in [0.5, 0.6) is 5.75 Å². The standard InChI is InChI=1S/C13H17NO4/c1-16-11-7-5-10(6-8-11)13(15)14-18-12-4-2-3-9-17-12/h5-8,12H,2-4,9H2,1H3,(H,14,15). The van der Waals surface area contributed by atoms with E-state index in [2.05, 4.69) is 5.48 Å². The van der Waals surface area contributed by atoms with Crippen molar-refractivity contribution in [1.29, 1.82) is 0 Å². The topological polar surface area (TPSA) is 56.8 Å². The summed E-state index contributed by atoms with van der Waals surface area (Å²) in [5, 5.41) is 0. The normalized spacial score (nSPS) is 19.3. The molecule has 1 N–H and O–H groups in total. The lowest BCUT2D eigenvalue weighted by Crippen LogP contribution is -2.33. The Morgan fingerprint density at radius 3 is 2.72 bits per heavy atom. The minimum atomic E-state index is -0.332. The lowest BCUT2D eigenvalue weighted by molar-refractivity contribution is -0.186. The van der Waals surface area contributed by atoms with E-state index in [1.165, 1.54) is 0 Å². The van der Waals surface area contributed by atoms with Gasteiger partial charge in [0.2, 0.25) is 0 Å². The highest BCUT2D eigenvalue weighted by atomic mass is 16.8. The zero-order valence-electron chi connectivity index (χ0n) is 10.3. The van der Waals surface area contributed by atoms with Gasteiger partial charge in [0.25, 0.3) is 5.91 Å². The molecule has 1 aromatic carbocycles. The first-order valence-corrected chi connectivity index (χ1v) is 6.01. The summed E-state index contributed by atoms with van der Waals surface area (Å²) in [6.45, 7) is 0.684. The third kappa shape index (κ3) is 3.45. The van der Waals surface area contributed by atoms with E-state index in [0.717, 1.165) is 19.3 Å². The Kier molecular flexibility index (Phi) is 4.55. The highest BCUT2D eigenvalue weighted by Gasteiger charge is 2.16. The van der Waals surface area contributed by atoms with Crippen molar-refractivity contribution in [2.24, 2.45) is 0 Å². The van der Waals surface area contributed by atoms with Crippen LogP contribution < -0.4 is 10.2 Å². The number of methoxy groups -OCH3 is 1. The molecule has 0 spiro atoms. The molecule has 2 rings (SSSR count). The van der Waals surface area contributed by atoms with E-state index in [1.807, 2.05) is 0 Å². The summed E-state index contributed by atoms with van der Waals surface area (Å²) in [5.41, 5.74) is 2.92. The van der Waals surface area contributed by atoms with Crippen LogP contribution in [0.2, 0.25) is 0 Å². The number of hydrogen-bond acceptors (Lipinski definition) is 4. The van der Waals surface area contributed by atoms with Gasteiger partial charge >= 0.3 is 0 Å². The number of hydrogen-bond donors (Lipinski definition) is 1. The van der Waals surface area contributed by atoms with Gasteiger partial charge in [0.15, 0.2) is 6.29 Å². The highest BCUT2D eigenvalue weighted by Crippen LogP contribution is 2.14. The summed E-state index contributed by atoms with van der Waals surface area (Å²) in [7, 11) is 1.58. The maximum absolute atomic E-state index is 11.8. The first-order chi connectivity index (χ1) is 8.79. The number of rotatable bonds is 4. The average molecular weight is 251 g/mol. The summed E-state index contributed by atoms with van der Waals surface area (Å²) in [5.74, 6) is 0.426. The maximum Gasteiger partial charge on any atom is 0.274 e. The Labute approximate surface area is 106 Å². The van der Waals surface area contributed by atoms with Gasteiger partial charge in [-0.2, -0.15) is 0 Å². The van der Waals surface area contributed by atoms with E-state index in [0.29, 0.717) is 17.9 Å². The number of hydroxylamine groups is 1. The second-order valence-corrected chi connectivity index (χ2v) is 4.07. The molecular weight excluding hydrogens is 234 g/mol. The molecule has 1 fully saturated rings. The van der Waals surface area contributed by atoms with E-state index in [-0.39, 0.29) is 12.2 Å². The van der Waals surface area contributed by atoms with Gasteiger partial charge < -0.3 is 9.47 Å². The molecule has 0 aromatic heterocycles. The molecule has 1 aromatic rings. The summed E-state index contributed by atoms with van der Waals surface area (Å²) in [6.07, 6.45) is 2.58. The molecule has 0 bridgehead atoms. The SMILES string of the molecule is COc1ccc(C(=O)NOC2CCCCO2)cc1. The second kappa shape index (κ2) is 6.37. The smallest absolute Gasteiger partial charge is 0.274 e. The van der Waals surface area contributed by atoms with E-state index < -0.39 is 0 Å². The van der Waals surface area contributed by atoms with E-state index in [4.69, 9.17) is 14.3 Å². The Hall–Kier alpha value is -1.59. The minimum Gasteiger partial charge on any atom is -0.497 e. The third-order valence-corrected chi connectivity index (χ3v) is 2.77. The second-order valence-electron chi connectivity index (χ2n) is 4.07. The van der Waals surface area contributed by atoms with Gasteiger partial charge in [-0.15, -0.1) is 0 Å². The minimum absolute atomic E-state index is 0.285. The molecule has 5 heteroatoms. The molecule has 1 atom stereocenters. The number of carbonyl (C=O) groups is 1. The van der Waals surface area contributed by atoms with Gasteiger partial charge in [-0.05, 0) is 37.1 Å². The largest absolute Gasteiger partial charge is 0.497 e. The molecule has 1 amide bonds. The fraction of sp³-hybridized carbons (Fsp3) is 0.462. The van der Waals surface area contributed by atoms with Crippen LogP contribution in [-0.4, -0.2) is 25.9 Å². The molecule has 1 heterocycles. The van der Waals surface area contributed by atoms with Crippen LogP contribution >= 0.6 is 0 Å². The van der Waals surface area contributed by atoms with Gasteiger partial charge in [-0.3, -0.25) is 4.79 Å². The van der Waals surface area contributed by atoms with Crippen molar-refractivity contribution < 1.29 is 19.1 Å². The Morgan fingerprint density at radius 2 is 2.11 bits per heavy atom. The molecule has 98 valence electrons. The molecule has 1 aliphatic rings. The quantitative estimate of drug-likeness (QED) is 0.830. The van der Waals surface area contributed by atoms with Crippen molar-refractivity contribution in [2.75, 3.05) is 13.7 Å².